The second-order valence-electron chi connectivity index (χ2n) is 6.05. The van der Waals surface area contributed by atoms with Crippen molar-refractivity contribution in [2.24, 2.45) is 0 Å². The molecule has 1 aromatic heterocycles. The molecule has 0 bridgehead atoms. The van der Waals surface area contributed by atoms with Crippen molar-refractivity contribution in [1.29, 1.82) is 0 Å². The van der Waals surface area contributed by atoms with Crippen molar-refractivity contribution in [3.05, 3.63) is 29.3 Å². The maximum atomic E-state index is 12.0. The summed E-state index contributed by atoms with van der Waals surface area (Å²) in [6.45, 7) is 7.84. The molecular weight excluding hydrogens is 370 g/mol. The number of carbonyl (C=O) groups excluding carboxylic acids is 2. The summed E-state index contributed by atoms with van der Waals surface area (Å²) in [5.41, 5.74) is 2.77. The van der Waals surface area contributed by atoms with Gasteiger partial charge >= 0.3 is 0 Å². The number of rotatable bonds is 8. The molecule has 1 aromatic carbocycles. The van der Waals surface area contributed by atoms with Gasteiger partial charge in [0.1, 0.15) is 0 Å². The van der Waals surface area contributed by atoms with Crippen molar-refractivity contribution < 1.29 is 9.59 Å². The molecule has 26 heavy (non-hydrogen) atoms. The Kier molecular flexibility index (Phi) is 7.40. The number of benzene rings is 1. The van der Waals surface area contributed by atoms with E-state index in [1.54, 1.807) is 0 Å². The Morgan fingerprint density at radius 3 is 2.50 bits per heavy atom. The number of hydrogen-bond donors (Lipinski definition) is 3. The van der Waals surface area contributed by atoms with Gasteiger partial charge in [0, 0.05) is 11.7 Å². The highest BCUT2D eigenvalue weighted by molar-refractivity contribution is 8.01. The van der Waals surface area contributed by atoms with Gasteiger partial charge in [0.2, 0.25) is 16.9 Å². The maximum absolute atomic E-state index is 12.0. The molecule has 0 spiro atoms. The van der Waals surface area contributed by atoms with Crippen molar-refractivity contribution in [2.45, 2.75) is 38.1 Å². The van der Waals surface area contributed by atoms with Crippen molar-refractivity contribution in [2.75, 3.05) is 22.9 Å². The first kappa shape index (κ1) is 20.2. The molecule has 1 heterocycles. The number of nitrogens with one attached hydrogen (secondary N) is 3. The van der Waals surface area contributed by atoms with E-state index < -0.39 is 0 Å². The number of aryl methyl sites for hydroxylation is 2. The number of anilines is 2. The van der Waals surface area contributed by atoms with Gasteiger partial charge in [0.05, 0.1) is 12.3 Å². The van der Waals surface area contributed by atoms with E-state index in [4.69, 9.17) is 0 Å². The Balaban J connectivity index is 1.74. The fourth-order valence-corrected chi connectivity index (χ4v) is 3.85. The van der Waals surface area contributed by atoms with Crippen LogP contribution in [-0.2, 0) is 9.59 Å². The third kappa shape index (κ3) is 6.30. The monoisotopic (exact) mass is 393 g/mol. The SMILES string of the molecule is Cc1cccc(C)c1NC(=O)CNC(=O)CSc1nnc(NC(C)C)s1. The molecule has 0 aliphatic carbocycles. The summed E-state index contributed by atoms with van der Waals surface area (Å²) in [4.78, 5) is 24.0. The third-order valence-electron chi connectivity index (χ3n) is 3.34. The lowest BCUT2D eigenvalue weighted by Crippen LogP contribution is -2.34. The quantitative estimate of drug-likeness (QED) is 0.597. The highest BCUT2D eigenvalue weighted by atomic mass is 32.2. The van der Waals surface area contributed by atoms with Gasteiger partial charge < -0.3 is 16.0 Å². The summed E-state index contributed by atoms with van der Waals surface area (Å²) in [6.07, 6.45) is 0. The van der Waals surface area contributed by atoms with Crippen molar-refractivity contribution in [1.82, 2.24) is 15.5 Å². The van der Waals surface area contributed by atoms with E-state index in [9.17, 15) is 9.59 Å². The molecule has 0 radical (unpaired) electrons. The van der Waals surface area contributed by atoms with E-state index in [-0.39, 0.29) is 30.2 Å². The fourth-order valence-electron chi connectivity index (χ4n) is 2.13. The maximum Gasteiger partial charge on any atom is 0.243 e. The number of thioether (sulfide) groups is 1. The number of hydrogen-bond acceptors (Lipinski definition) is 7. The zero-order valence-electron chi connectivity index (χ0n) is 15.3. The minimum atomic E-state index is -0.250. The molecule has 2 rings (SSSR count). The lowest BCUT2D eigenvalue weighted by Gasteiger charge is -2.11. The molecule has 0 fully saturated rings. The van der Waals surface area contributed by atoms with Crippen LogP contribution in [0.15, 0.2) is 22.5 Å². The Labute approximate surface area is 161 Å². The van der Waals surface area contributed by atoms with E-state index >= 15 is 0 Å². The van der Waals surface area contributed by atoms with Gasteiger partial charge in [-0.3, -0.25) is 9.59 Å². The average molecular weight is 394 g/mol. The van der Waals surface area contributed by atoms with Crippen LogP contribution in [0.1, 0.15) is 25.0 Å². The molecule has 0 saturated heterocycles. The van der Waals surface area contributed by atoms with Crippen LogP contribution in [-0.4, -0.2) is 40.4 Å². The Bertz CT molecular complexity index is 756. The van der Waals surface area contributed by atoms with E-state index in [0.717, 1.165) is 21.9 Å². The largest absolute Gasteiger partial charge is 0.358 e. The van der Waals surface area contributed by atoms with Crippen LogP contribution >= 0.6 is 23.1 Å². The summed E-state index contributed by atoms with van der Waals surface area (Å²) < 4.78 is 0.711. The van der Waals surface area contributed by atoms with Crippen LogP contribution in [0.25, 0.3) is 0 Å². The van der Waals surface area contributed by atoms with Crippen LogP contribution in [0.3, 0.4) is 0 Å². The second kappa shape index (κ2) is 9.54. The molecule has 3 N–H and O–H groups in total. The van der Waals surface area contributed by atoms with Gasteiger partial charge in [0.25, 0.3) is 0 Å². The van der Waals surface area contributed by atoms with Crippen molar-refractivity contribution in [3.8, 4) is 0 Å². The second-order valence-corrected chi connectivity index (χ2v) is 8.25. The number of aromatic nitrogens is 2. The topological polar surface area (TPSA) is 96.0 Å². The number of amides is 2. The van der Waals surface area contributed by atoms with E-state index in [1.807, 2.05) is 45.9 Å². The van der Waals surface area contributed by atoms with Crippen molar-refractivity contribution >= 4 is 45.7 Å². The average Bonchev–Trinajstić information content (AvgIpc) is 3.01. The first-order valence-corrected chi connectivity index (χ1v) is 10.0. The third-order valence-corrected chi connectivity index (χ3v) is 5.32. The van der Waals surface area contributed by atoms with Crippen LogP contribution in [0.2, 0.25) is 0 Å². The molecule has 0 aliphatic rings. The first-order valence-electron chi connectivity index (χ1n) is 8.20. The predicted octanol–water partition coefficient (Wildman–Crippen LogP) is 2.82. The van der Waals surface area contributed by atoms with E-state index in [2.05, 4.69) is 26.1 Å². The first-order chi connectivity index (χ1) is 12.3. The van der Waals surface area contributed by atoms with E-state index in [1.165, 1.54) is 23.1 Å². The highest BCUT2D eigenvalue weighted by Crippen LogP contribution is 2.25. The molecule has 0 saturated carbocycles. The summed E-state index contributed by atoms with van der Waals surface area (Å²) in [7, 11) is 0. The molecule has 0 aliphatic heterocycles. The number of nitrogens with zero attached hydrogens (tertiary/aromatic N) is 2. The smallest absolute Gasteiger partial charge is 0.243 e. The van der Waals surface area contributed by atoms with Gasteiger partial charge in [-0.05, 0) is 38.8 Å². The highest BCUT2D eigenvalue weighted by Gasteiger charge is 2.11. The van der Waals surface area contributed by atoms with Gasteiger partial charge in [-0.25, -0.2) is 0 Å². The van der Waals surface area contributed by atoms with Gasteiger partial charge in [-0.1, -0.05) is 41.3 Å². The molecule has 7 nitrogen and oxygen atoms in total. The predicted molar refractivity (Wildman–Crippen MR) is 107 cm³/mol. The van der Waals surface area contributed by atoms with E-state index in [0.29, 0.717) is 4.34 Å². The lowest BCUT2D eigenvalue weighted by molar-refractivity contribution is -0.122. The number of para-hydroxylation sites is 1. The molecular formula is C17H23N5O2S2. The van der Waals surface area contributed by atoms with Crippen LogP contribution in [0, 0.1) is 13.8 Å². The zero-order chi connectivity index (χ0) is 19.1. The molecule has 2 aromatic rings. The van der Waals surface area contributed by atoms with Gasteiger partial charge in [0.15, 0.2) is 4.34 Å². The Morgan fingerprint density at radius 2 is 1.85 bits per heavy atom. The van der Waals surface area contributed by atoms with Crippen LogP contribution < -0.4 is 16.0 Å². The van der Waals surface area contributed by atoms with Gasteiger partial charge in [-0.2, -0.15) is 0 Å². The van der Waals surface area contributed by atoms with Gasteiger partial charge in [-0.15, -0.1) is 10.2 Å². The summed E-state index contributed by atoms with van der Waals surface area (Å²) in [5, 5.41) is 17.4. The normalized spacial score (nSPS) is 10.7. The zero-order valence-corrected chi connectivity index (χ0v) is 16.9. The summed E-state index contributed by atoms with van der Waals surface area (Å²) in [5.74, 6) is -0.284. The molecule has 140 valence electrons. The molecule has 0 unspecified atom stereocenters. The molecule has 9 heteroatoms. The summed E-state index contributed by atoms with van der Waals surface area (Å²) >= 11 is 2.70. The van der Waals surface area contributed by atoms with Crippen LogP contribution in [0.5, 0.6) is 0 Å². The Hall–Kier alpha value is -2.13. The Morgan fingerprint density at radius 1 is 1.15 bits per heavy atom. The van der Waals surface area contributed by atoms with Crippen LogP contribution in [0.4, 0.5) is 10.8 Å². The molecule has 0 atom stereocenters. The standard InChI is InChI=1S/C17H23N5O2S2/c1-10(2)19-16-21-22-17(26-16)25-9-14(24)18-8-13(23)20-15-11(3)6-5-7-12(15)4/h5-7,10H,8-9H2,1-4H3,(H,18,24)(H,19,21)(H,20,23). The van der Waals surface area contributed by atoms with Crippen molar-refractivity contribution in [3.63, 3.8) is 0 Å². The minimum absolute atomic E-state index is 0.0660. The molecule has 2 amide bonds. The lowest BCUT2D eigenvalue weighted by atomic mass is 10.1. The number of carbonyl (C=O) groups is 2. The fraction of sp³-hybridized carbons (Fsp3) is 0.412. The minimum Gasteiger partial charge on any atom is -0.358 e. The summed E-state index contributed by atoms with van der Waals surface area (Å²) in [6, 6.07) is 6.08.